The Morgan fingerprint density at radius 1 is 1.26 bits per heavy atom. The molecule has 27 heavy (non-hydrogen) atoms. The fourth-order valence-corrected chi connectivity index (χ4v) is 3.06. The topological polar surface area (TPSA) is 98.5 Å². The summed E-state index contributed by atoms with van der Waals surface area (Å²) in [5, 5.41) is 13.4. The zero-order valence-electron chi connectivity index (χ0n) is 14.6. The number of ether oxygens (including phenoxy) is 1. The SMILES string of the molecule is Cc1ccc([N+](=O)[O-])cc1NC(=O)COC(=O)[C@H](C)Sc1ccc(Cl)cc1. The van der Waals surface area contributed by atoms with E-state index in [9.17, 15) is 19.7 Å². The Bertz CT molecular complexity index is 857. The lowest BCUT2D eigenvalue weighted by Crippen LogP contribution is -2.25. The van der Waals surface area contributed by atoms with Gasteiger partial charge in [0.05, 0.1) is 10.6 Å². The molecule has 0 radical (unpaired) electrons. The second kappa shape index (κ2) is 9.38. The molecule has 0 aliphatic heterocycles. The molecule has 0 aliphatic carbocycles. The van der Waals surface area contributed by atoms with Crippen LogP contribution in [-0.4, -0.2) is 28.7 Å². The summed E-state index contributed by atoms with van der Waals surface area (Å²) in [4.78, 5) is 35.2. The molecule has 0 spiro atoms. The molecule has 9 heteroatoms. The largest absolute Gasteiger partial charge is 0.455 e. The maximum Gasteiger partial charge on any atom is 0.319 e. The van der Waals surface area contributed by atoms with Crippen molar-refractivity contribution >= 4 is 46.6 Å². The summed E-state index contributed by atoms with van der Waals surface area (Å²) in [5.41, 5.74) is 0.821. The third kappa shape index (κ3) is 6.26. The maximum absolute atomic E-state index is 12.0. The summed E-state index contributed by atoms with van der Waals surface area (Å²) in [5.74, 6) is -1.11. The Labute approximate surface area is 165 Å². The molecule has 0 fully saturated rings. The number of rotatable bonds is 7. The van der Waals surface area contributed by atoms with Crippen molar-refractivity contribution in [2.24, 2.45) is 0 Å². The number of non-ortho nitro benzene ring substituents is 1. The highest BCUT2D eigenvalue weighted by molar-refractivity contribution is 8.00. The lowest BCUT2D eigenvalue weighted by atomic mass is 10.2. The summed E-state index contributed by atoms with van der Waals surface area (Å²) in [6.45, 7) is 2.90. The van der Waals surface area contributed by atoms with E-state index in [4.69, 9.17) is 16.3 Å². The molecule has 2 rings (SSSR count). The van der Waals surface area contributed by atoms with E-state index in [2.05, 4.69) is 5.32 Å². The van der Waals surface area contributed by atoms with Crippen LogP contribution < -0.4 is 5.32 Å². The molecule has 1 atom stereocenters. The fraction of sp³-hybridized carbons (Fsp3) is 0.222. The monoisotopic (exact) mass is 408 g/mol. The van der Waals surface area contributed by atoms with Crippen molar-refractivity contribution in [3.05, 3.63) is 63.2 Å². The number of nitrogens with one attached hydrogen (secondary N) is 1. The smallest absolute Gasteiger partial charge is 0.319 e. The molecule has 2 aromatic carbocycles. The molecular weight excluding hydrogens is 392 g/mol. The predicted octanol–water partition coefficient (Wildman–Crippen LogP) is 4.22. The molecule has 2 aromatic rings. The van der Waals surface area contributed by atoms with E-state index in [-0.39, 0.29) is 5.69 Å². The standard InChI is InChI=1S/C18H17ClN2O5S/c1-11-3-6-14(21(24)25)9-16(11)20-17(22)10-26-18(23)12(2)27-15-7-4-13(19)5-8-15/h3-9,12H,10H2,1-2H3,(H,20,22)/t12-/m0/s1. The average Bonchev–Trinajstić information content (AvgIpc) is 2.63. The van der Waals surface area contributed by atoms with Gasteiger partial charge in [0.2, 0.25) is 0 Å². The fourth-order valence-electron chi connectivity index (χ4n) is 2.06. The molecule has 0 saturated heterocycles. The van der Waals surface area contributed by atoms with Gasteiger partial charge in [0, 0.05) is 22.1 Å². The number of aryl methyl sites for hydroxylation is 1. The Balaban J connectivity index is 1.87. The van der Waals surface area contributed by atoms with Gasteiger partial charge in [0.1, 0.15) is 5.25 Å². The van der Waals surface area contributed by atoms with Crippen molar-refractivity contribution in [3.63, 3.8) is 0 Å². The minimum Gasteiger partial charge on any atom is -0.455 e. The van der Waals surface area contributed by atoms with Gasteiger partial charge in [-0.1, -0.05) is 17.7 Å². The number of anilines is 1. The van der Waals surface area contributed by atoms with Gasteiger partial charge in [-0.15, -0.1) is 11.8 Å². The summed E-state index contributed by atoms with van der Waals surface area (Å²) >= 11 is 7.10. The summed E-state index contributed by atoms with van der Waals surface area (Å²) in [7, 11) is 0. The number of amides is 1. The molecule has 0 saturated carbocycles. The molecule has 0 unspecified atom stereocenters. The molecule has 0 bridgehead atoms. The van der Waals surface area contributed by atoms with E-state index < -0.39 is 28.7 Å². The molecule has 0 heterocycles. The van der Waals surface area contributed by atoms with E-state index in [0.29, 0.717) is 16.3 Å². The van der Waals surface area contributed by atoms with Crippen LogP contribution in [-0.2, 0) is 14.3 Å². The number of nitro benzene ring substituents is 1. The molecule has 7 nitrogen and oxygen atoms in total. The third-order valence-corrected chi connectivity index (χ3v) is 4.85. The van der Waals surface area contributed by atoms with E-state index in [0.717, 1.165) is 4.90 Å². The van der Waals surface area contributed by atoms with Crippen molar-refractivity contribution in [2.75, 3.05) is 11.9 Å². The minimum absolute atomic E-state index is 0.138. The van der Waals surface area contributed by atoms with Crippen LogP contribution in [0.15, 0.2) is 47.4 Å². The Hall–Kier alpha value is -2.58. The van der Waals surface area contributed by atoms with Crippen LogP contribution in [0.5, 0.6) is 0 Å². The molecule has 142 valence electrons. The highest BCUT2D eigenvalue weighted by Crippen LogP contribution is 2.25. The first-order chi connectivity index (χ1) is 12.8. The lowest BCUT2D eigenvalue weighted by molar-refractivity contribution is -0.384. The number of nitrogens with zero attached hydrogens (tertiary/aromatic N) is 1. The number of nitro groups is 1. The van der Waals surface area contributed by atoms with Gasteiger partial charge >= 0.3 is 5.97 Å². The van der Waals surface area contributed by atoms with Crippen molar-refractivity contribution in [1.29, 1.82) is 0 Å². The van der Waals surface area contributed by atoms with Crippen molar-refractivity contribution in [1.82, 2.24) is 0 Å². The zero-order valence-corrected chi connectivity index (χ0v) is 16.2. The van der Waals surface area contributed by atoms with Crippen LogP contribution in [0.3, 0.4) is 0 Å². The Morgan fingerprint density at radius 3 is 2.56 bits per heavy atom. The van der Waals surface area contributed by atoms with E-state index >= 15 is 0 Å². The van der Waals surface area contributed by atoms with Crippen LogP contribution in [0.2, 0.25) is 5.02 Å². The quantitative estimate of drug-likeness (QED) is 0.319. The van der Waals surface area contributed by atoms with Crippen LogP contribution >= 0.6 is 23.4 Å². The second-order valence-corrected chi connectivity index (χ2v) is 7.48. The van der Waals surface area contributed by atoms with E-state index in [1.54, 1.807) is 38.1 Å². The predicted molar refractivity (Wildman–Crippen MR) is 104 cm³/mol. The van der Waals surface area contributed by atoms with Gasteiger partial charge in [0.15, 0.2) is 6.61 Å². The number of esters is 1. The first-order valence-electron chi connectivity index (χ1n) is 7.90. The summed E-state index contributed by atoms with van der Waals surface area (Å²) in [6, 6.07) is 11.1. The van der Waals surface area contributed by atoms with Crippen LogP contribution in [0, 0.1) is 17.0 Å². The first-order valence-corrected chi connectivity index (χ1v) is 9.16. The molecular formula is C18H17ClN2O5S. The van der Waals surface area contributed by atoms with E-state index in [1.807, 2.05) is 0 Å². The molecule has 0 aromatic heterocycles. The van der Waals surface area contributed by atoms with Gasteiger partial charge in [-0.2, -0.15) is 0 Å². The number of hydrogen-bond donors (Lipinski definition) is 1. The van der Waals surface area contributed by atoms with E-state index in [1.165, 1.54) is 30.0 Å². The van der Waals surface area contributed by atoms with Gasteiger partial charge in [-0.3, -0.25) is 19.7 Å². The second-order valence-electron chi connectivity index (χ2n) is 5.63. The lowest BCUT2D eigenvalue weighted by Gasteiger charge is -2.12. The van der Waals surface area contributed by atoms with Gasteiger partial charge in [-0.25, -0.2) is 0 Å². The first kappa shape index (κ1) is 20.7. The average molecular weight is 409 g/mol. The molecule has 1 N–H and O–H groups in total. The molecule has 0 aliphatic rings. The number of thioether (sulfide) groups is 1. The molecule has 1 amide bonds. The van der Waals surface area contributed by atoms with Crippen LogP contribution in [0.1, 0.15) is 12.5 Å². The van der Waals surface area contributed by atoms with Crippen molar-refractivity contribution < 1.29 is 19.2 Å². The number of carbonyl (C=O) groups excluding carboxylic acids is 2. The van der Waals surface area contributed by atoms with Gasteiger partial charge in [-0.05, 0) is 43.7 Å². The Morgan fingerprint density at radius 2 is 1.93 bits per heavy atom. The number of hydrogen-bond acceptors (Lipinski definition) is 6. The van der Waals surface area contributed by atoms with Crippen molar-refractivity contribution in [3.8, 4) is 0 Å². The number of carbonyl (C=O) groups is 2. The highest BCUT2D eigenvalue weighted by atomic mass is 35.5. The number of benzene rings is 2. The Kier molecular flexibility index (Phi) is 7.20. The summed E-state index contributed by atoms with van der Waals surface area (Å²) in [6.07, 6.45) is 0. The normalized spacial score (nSPS) is 11.5. The maximum atomic E-state index is 12.0. The van der Waals surface area contributed by atoms with Gasteiger partial charge in [0.25, 0.3) is 11.6 Å². The highest BCUT2D eigenvalue weighted by Gasteiger charge is 2.18. The summed E-state index contributed by atoms with van der Waals surface area (Å²) < 4.78 is 5.02. The van der Waals surface area contributed by atoms with Crippen LogP contribution in [0.4, 0.5) is 11.4 Å². The number of halogens is 1. The van der Waals surface area contributed by atoms with Crippen LogP contribution in [0.25, 0.3) is 0 Å². The third-order valence-electron chi connectivity index (χ3n) is 3.51. The zero-order chi connectivity index (χ0) is 20.0. The van der Waals surface area contributed by atoms with Gasteiger partial charge < -0.3 is 10.1 Å². The minimum atomic E-state index is -0.573. The van der Waals surface area contributed by atoms with Crippen molar-refractivity contribution in [2.45, 2.75) is 24.0 Å².